The molecule has 0 unspecified atom stereocenters. The van der Waals surface area contributed by atoms with Crippen LogP contribution in [0, 0.1) is 0 Å². The van der Waals surface area contributed by atoms with Gasteiger partial charge in [-0.25, -0.2) is 4.84 Å². The van der Waals surface area contributed by atoms with Gasteiger partial charge in [0.2, 0.25) is 0 Å². The van der Waals surface area contributed by atoms with Gasteiger partial charge in [-0.1, -0.05) is 30.3 Å². The van der Waals surface area contributed by atoms with Crippen LogP contribution in [0.4, 0.5) is 0 Å². The fourth-order valence-electron chi connectivity index (χ4n) is 0.961. The minimum absolute atomic E-state index is 0.0937. The van der Waals surface area contributed by atoms with Crippen LogP contribution in [0.3, 0.4) is 0 Å². The van der Waals surface area contributed by atoms with Crippen molar-refractivity contribution in [1.29, 1.82) is 0 Å². The molecule has 0 saturated carbocycles. The Morgan fingerprint density at radius 1 is 1.33 bits per heavy atom. The molecule has 0 heterocycles. The van der Waals surface area contributed by atoms with Crippen LogP contribution >= 0.6 is 11.8 Å². The highest BCUT2D eigenvalue weighted by Gasteiger charge is 2.00. The molecule has 1 N–H and O–H groups in total. The van der Waals surface area contributed by atoms with Gasteiger partial charge >= 0.3 is 0 Å². The summed E-state index contributed by atoms with van der Waals surface area (Å²) < 4.78 is 0. The first kappa shape index (κ1) is 9.23. The minimum Gasteiger partial charge on any atom is -0.298 e. The molecule has 0 amide bonds. The fourth-order valence-corrected chi connectivity index (χ4v) is 1.11. The molecule has 0 radical (unpaired) electrons. The summed E-state index contributed by atoms with van der Waals surface area (Å²) >= 11 is 5.19. The van der Waals surface area contributed by atoms with Gasteiger partial charge in [0.1, 0.15) is 0 Å². The van der Waals surface area contributed by atoms with Crippen molar-refractivity contribution in [3.8, 4) is 0 Å². The predicted molar refractivity (Wildman–Crippen MR) is 49.0 cm³/mol. The molecule has 3 heteroatoms. The summed E-state index contributed by atoms with van der Waals surface area (Å²) in [6, 6.07) is 9.60. The zero-order chi connectivity index (χ0) is 8.81. The lowest BCUT2D eigenvalue weighted by atomic mass is 10.1. The normalized spacial score (nSPS) is 9.75. The fraction of sp³-hybridized carbons (Fsp3) is 0.222. The SMILES string of the molecule is O=C(CNCl)Cc1ccccc1. The summed E-state index contributed by atoms with van der Waals surface area (Å²) in [6.45, 7) is 0.219. The smallest absolute Gasteiger partial charge is 0.152 e. The molecule has 0 aliphatic heterocycles. The van der Waals surface area contributed by atoms with E-state index in [9.17, 15) is 4.79 Å². The second-order valence-electron chi connectivity index (χ2n) is 2.51. The molecule has 1 aromatic rings. The van der Waals surface area contributed by atoms with Gasteiger partial charge < -0.3 is 0 Å². The summed E-state index contributed by atoms with van der Waals surface area (Å²) in [4.78, 5) is 13.4. The van der Waals surface area contributed by atoms with Gasteiger partial charge in [-0.15, -0.1) is 0 Å². The lowest BCUT2D eigenvalue weighted by molar-refractivity contribution is -0.117. The van der Waals surface area contributed by atoms with E-state index in [0.29, 0.717) is 6.42 Å². The number of benzene rings is 1. The number of carbonyl (C=O) groups is 1. The van der Waals surface area contributed by atoms with Gasteiger partial charge in [0.05, 0.1) is 6.54 Å². The Bertz CT molecular complexity index is 248. The van der Waals surface area contributed by atoms with Crippen LogP contribution in [0.1, 0.15) is 5.56 Å². The van der Waals surface area contributed by atoms with Gasteiger partial charge in [-0.05, 0) is 17.3 Å². The van der Waals surface area contributed by atoms with Crippen LogP contribution in [-0.2, 0) is 11.2 Å². The van der Waals surface area contributed by atoms with Crippen LogP contribution < -0.4 is 4.84 Å². The number of ketones is 1. The third-order valence-electron chi connectivity index (χ3n) is 1.51. The predicted octanol–water partition coefficient (Wildman–Crippen LogP) is 1.54. The van der Waals surface area contributed by atoms with E-state index in [-0.39, 0.29) is 12.3 Å². The van der Waals surface area contributed by atoms with Crippen molar-refractivity contribution in [2.45, 2.75) is 6.42 Å². The summed E-state index contributed by atoms with van der Waals surface area (Å²) in [7, 11) is 0. The molecule has 1 aromatic carbocycles. The lowest BCUT2D eigenvalue weighted by Crippen LogP contribution is -2.16. The van der Waals surface area contributed by atoms with Crippen LogP contribution in [0.15, 0.2) is 30.3 Å². The molecule has 0 aliphatic carbocycles. The number of halogens is 1. The van der Waals surface area contributed by atoms with Crippen molar-refractivity contribution >= 4 is 17.6 Å². The van der Waals surface area contributed by atoms with Gasteiger partial charge in [0, 0.05) is 6.42 Å². The first-order valence-electron chi connectivity index (χ1n) is 3.72. The van der Waals surface area contributed by atoms with E-state index in [1.807, 2.05) is 30.3 Å². The van der Waals surface area contributed by atoms with E-state index in [1.54, 1.807) is 0 Å². The van der Waals surface area contributed by atoms with E-state index < -0.39 is 0 Å². The molecule has 0 saturated heterocycles. The van der Waals surface area contributed by atoms with E-state index in [1.165, 1.54) is 0 Å². The Morgan fingerprint density at radius 2 is 2.00 bits per heavy atom. The highest BCUT2D eigenvalue weighted by atomic mass is 35.5. The Kier molecular flexibility index (Phi) is 3.77. The largest absolute Gasteiger partial charge is 0.298 e. The molecule has 0 aliphatic rings. The number of Topliss-reactive ketones (excluding diaryl/α,β-unsaturated/α-hetero) is 1. The van der Waals surface area contributed by atoms with Crippen LogP contribution in [0.5, 0.6) is 0 Å². The second-order valence-corrected chi connectivity index (χ2v) is 2.78. The highest BCUT2D eigenvalue weighted by Crippen LogP contribution is 1.99. The molecular formula is C9H10ClNO. The van der Waals surface area contributed by atoms with Gasteiger partial charge in [0.15, 0.2) is 5.78 Å². The maximum absolute atomic E-state index is 11.1. The molecule has 64 valence electrons. The van der Waals surface area contributed by atoms with Gasteiger partial charge in [0.25, 0.3) is 0 Å². The van der Waals surface area contributed by atoms with Crippen molar-refractivity contribution in [3.05, 3.63) is 35.9 Å². The summed E-state index contributed by atoms with van der Waals surface area (Å²) in [5.74, 6) is 0.0937. The minimum atomic E-state index is 0.0937. The Labute approximate surface area is 76.7 Å². The van der Waals surface area contributed by atoms with Gasteiger partial charge in [-0.3, -0.25) is 4.79 Å². The molecule has 0 fully saturated rings. The topological polar surface area (TPSA) is 29.1 Å². The number of hydrogen-bond donors (Lipinski definition) is 1. The highest BCUT2D eigenvalue weighted by molar-refractivity contribution is 6.14. The summed E-state index contributed by atoms with van der Waals surface area (Å²) in [5.41, 5.74) is 1.02. The number of carbonyl (C=O) groups excluding carboxylic acids is 1. The van der Waals surface area contributed by atoms with Crippen molar-refractivity contribution in [2.24, 2.45) is 0 Å². The van der Waals surface area contributed by atoms with E-state index in [4.69, 9.17) is 11.8 Å². The first-order valence-corrected chi connectivity index (χ1v) is 4.10. The Morgan fingerprint density at radius 3 is 2.58 bits per heavy atom. The molecule has 0 spiro atoms. The first-order chi connectivity index (χ1) is 5.83. The molecule has 2 nitrogen and oxygen atoms in total. The summed E-state index contributed by atoms with van der Waals surface area (Å²) in [6.07, 6.45) is 0.445. The van der Waals surface area contributed by atoms with E-state index in [2.05, 4.69) is 4.84 Å². The van der Waals surface area contributed by atoms with Crippen LogP contribution in [0.25, 0.3) is 0 Å². The third kappa shape index (κ3) is 3.03. The van der Waals surface area contributed by atoms with Crippen molar-refractivity contribution in [1.82, 2.24) is 4.84 Å². The molecule has 0 aromatic heterocycles. The quantitative estimate of drug-likeness (QED) is 0.718. The van der Waals surface area contributed by atoms with E-state index >= 15 is 0 Å². The Hall–Kier alpha value is -0.860. The zero-order valence-electron chi connectivity index (χ0n) is 6.59. The maximum Gasteiger partial charge on any atom is 0.152 e. The third-order valence-corrected chi connectivity index (χ3v) is 1.64. The van der Waals surface area contributed by atoms with E-state index in [0.717, 1.165) is 5.56 Å². The lowest BCUT2D eigenvalue weighted by Gasteiger charge is -1.98. The van der Waals surface area contributed by atoms with Gasteiger partial charge in [-0.2, -0.15) is 0 Å². The van der Waals surface area contributed by atoms with Crippen LogP contribution in [0.2, 0.25) is 0 Å². The maximum atomic E-state index is 11.1. The molecular weight excluding hydrogens is 174 g/mol. The number of nitrogens with one attached hydrogen (secondary N) is 1. The molecule has 0 bridgehead atoms. The zero-order valence-corrected chi connectivity index (χ0v) is 7.34. The number of hydrogen-bond acceptors (Lipinski definition) is 2. The van der Waals surface area contributed by atoms with Crippen molar-refractivity contribution in [3.63, 3.8) is 0 Å². The monoisotopic (exact) mass is 183 g/mol. The Balaban J connectivity index is 2.47. The average molecular weight is 184 g/mol. The number of rotatable bonds is 4. The molecule has 12 heavy (non-hydrogen) atoms. The molecule has 1 rings (SSSR count). The molecule has 0 atom stereocenters. The van der Waals surface area contributed by atoms with Crippen LogP contribution in [-0.4, -0.2) is 12.3 Å². The average Bonchev–Trinajstić information content (AvgIpc) is 2.06. The summed E-state index contributed by atoms with van der Waals surface area (Å²) in [5, 5.41) is 0. The van der Waals surface area contributed by atoms with Crippen molar-refractivity contribution < 1.29 is 4.79 Å². The standard InChI is InChI=1S/C9H10ClNO/c10-11-7-9(12)6-8-4-2-1-3-5-8/h1-5,11H,6-7H2. The second kappa shape index (κ2) is 4.91. The van der Waals surface area contributed by atoms with Crippen molar-refractivity contribution in [2.75, 3.05) is 6.54 Å².